The van der Waals surface area contributed by atoms with Crippen LogP contribution in [0, 0.1) is 0 Å². The Labute approximate surface area is 367 Å². The van der Waals surface area contributed by atoms with E-state index in [9.17, 15) is 0 Å². The minimum Gasteiger partial charge on any atom is -0.455 e. The van der Waals surface area contributed by atoms with E-state index in [4.69, 9.17) is 14.4 Å². The highest BCUT2D eigenvalue weighted by molar-refractivity contribution is 6.13. The normalized spacial score (nSPS) is 12.3. The average Bonchev–Trinajstić information content (AvgIpc) is 3.87. The molecule has 1 N–H and O–H groups in total. The van der Waals surface area contributed by atoms with Crippen LogP contribution in [-0.2, 0) is 10.8 Å². The second-order valence-corrected chi connectivity index (χ2v) is 18.8. The number of anilines is 3. The summed E-state index contributed by atoms with van der Waals surface area (Å²) in [7, 11) is 0. The van der Waals surface area contributed by atoms with Crippen molar-refractivity contribution >= 4 is 71.7 Å². The van der Waals surface area contributed by atoms with Crippen molar-refractivity contribution in [3.63, 3.8) is 0 Å². The number of benzene rings is 7. The fraction of sp³-hybridized carbons (Fsp3) is 0.138. The van der Waals surface area contributed by atoms with E-state index in [-0.39, 0.29) is 10.8 Å². The molecule has 11 aromatic rings. The molecule has 5 nitrogen and oxygen atoms in total. The van der Waals surface area contributed by atoms with E-state index in [0.29, 0.717) is 0 Å². The van der Waals surface area contributed by atoms with Gasteiger partial charge in [-0.25, -0.2) is 9.97 Å². The van der Waals surface area contributed by atoms with Crippen LogP contribution in [0.3, 0.4) is 0 Å². The van der Waals surface area contributed by atoms with Gasteiger partial charge in [0.15, 0.2) is 0 Å². The number of hydrogen-bond acceptors (Lipinski definition) is 4. The molecule has 4 aromatic heterocycles. The second kappa shape index (κ2) is 14.6. The molecule has 0 unspecified atom stereocenters. The van der Waals surface area contributed by atoms with Crippen LogP contribution in [0.5, 0.6) is 0 Å². The number of nitrogens with one attached hydrogen (secondary N) is 1. The summed E-state index contributed by atoms with van der Waals surface area (Å²) in [6.07, 6.45) is 1.86. The third-order valence-electron chi connectivity index (χ3n) is 12.5. The number of furan rings is 1. The number of nitrogens with zero attached hydrogens (tertiary/aromatic N) is 3. The number of aromatic nitrogens is 3. The SMILES string of the molecule is CC(C)(C)c1cc(-c2cc(-c3cccc4c3[nH]c3ccccc34)nc(-c3cc(N(c4ccccn4)c4cccc5ccccc45)cc4c3oc3ccccc34)c2)cc(C(C)(C)C)c1. The standard InChI is InChI=1S/C58H48N4O/c1-57(2,3)39-29-37(30-40(33-39)58(4,5)6)38-31-50(46-23-16-22-45-43-20-9-11-24-49(43)61-55(45)46)60-51(32-38)48-35-41(34-47-44-21-10-12-26-53(44)63-56(47)48)62(54-27-13-14-28-59-54)52-25-15-18-36-17-7-8-19-42(36)52/h7-35,61H,1-6H3. The Morgan fingerprint density at radius 2 is 1.14 bits per heavy atom. The van der Waals surface area contributed by atoms with Crippen LogP contribution >= 0.6 is 0 Å². The number of pyridine rings is 2. The molecular formula is C58H48N4O. The first-order chi connectivity index (χ1) is 30.5. The van der Waals surface area contributed by atoms with Gasteiger partial charge in [-0.1, -0.05) is 157 Å². The first-order valence-electron chi connectivity index (χ1n) is 21.8. The second-order valence-electron chi connectivity index (χ2n) is 18.8. The Morgan fingerprint density at radius 3 is 1.90 bits per heavy atom. The number of para-hydroxylation sites is 3. The van der Waals surface area contributed by atoms with Crippen molar-refractivity contribution in [3.05, 3.63) is 187 Å². The molecule has 0 bridgehead atoms. The van der Waals surface area contributed by atoms with Crippen molar-refractivity contribution in [3.8, 4) is 33.6 Å². The van der Waals surface area contributed by atoms with Gasteiger partial charge in [0.2, 0.25) is 0 Å². The number of H-pyrrole nitrogens is 1. The number of fused-ring (bicyclic) bond motifs is 7. The monoisotopic (exact) mass is 816 g/mol. The zero-order valence-electron chi connectivity index (χ0n) is 36.5. The first kappa shape index (κ1) is 38.4. The van der Waals surface area contributed by atoms with Gasteiger partial charge in [0.1, 0.15) is 17.0 Å². The van der Waals surface area contributed by atoms with Gasteiger partial charge in [0.25, 0.3) is 0 Å². The molecule has 0 aliphatic carbocycles. The van der Waals surface area contributed by atoms with Crippen molar-refractivity contribution in [2.75, 3.05) is 4.90 Å². The molecule has 0 amide bonds. The lowest BCUT2D eigenvalue weighted by atomic mass is 9.79. The van der Waals surface area contributed by atoms with Gasteiger partial charge < -0.3 is 9.40 Å². The Balaban J connectivity index is 1.24. The lowest BCUT2D eigenvalue weighted by molar-refractivity contribution is 0.569. The van der Waals surface area contributed by atoms with E-state index < -0.39 is 0 Å². The summed E-state index contributed by atoms with van der Waals surface area (Å²) in [5, 5.41) is 6.70. The molecule has 7 aromatic carbocycles. The fourth-order valence-corrected chi connectivity index (χ4v) is 9.14. The van der Waals surface area contributed by atoms with Gasteiger partial charge in [0.05, 0.1) is 22.6 Å². The summed E-state index contributed by atoms with van der Waals surface area (Å²) >= 11 is 0. The van der Waals surface area contributed by atoms with Crippen LogP contribution in [0.15, 0.2) is 180 Å². The molecule has 5 heteroatoms. The highest BCUT2D eigenvalue weighted by Crippen LogP contribution is 2.46. The number of aromatic amines is 1. The van der Waals surface area contributed by atoms with E-state index in [1.807, 2.05) is 24.4 Å². The maximum Gasteiger partial charge on any atom is 0.144 e. The van der Waals surface area contributed by atoms with E-state index >= 15 is 0 Å². The van der Waals surface area contributed by atoms with Gasteiger partial charge in [-0.2, -0.15) is 0 Å². The highest BCUT2D eigenvalue weighted by Gasteiger charge is 2.25. The highest BCUT2D eigenvalue weighted by atomic mass is 16.3. The minimum absolute atomic E-state index is 0.0596. The zero-order valence-corrected chi connectivity index (χ0v) is 36.5. The number of hydrogen-bond donors (Lipinski definition) is 1. The predicted octanol–water partition coefficient (Wildman–Crippen LogP) is 16.2. The Hall–Kier alpha value is -7.50. The van der Waals surface area contributed by atoms with Crippen molar-refractivity contribution < 1.29 is 4.42 Å². The quantitative estimate of drug-likeness (QED) is 0.182. The molecule has 11 rings (SSSR count). The molecule has 0 spiro atoms. The largest absolute Gasteiger partial charge is 0.455 e. The van der Waals surface area contributed by atoms with Crippen molar-refractivity contribution in [2.45, 2.75) is 52.4 Å². The fourth-order valence-electron chi connectivity index (χ4n) is 9.14. The molecule has 0 aliphatic heterocycles. The molecular weight excluding hydrogens is 769 g/mol. The van der Waals surface area contributed by atoms with Gasteiger partial charge in [-0.15, -0.1) is 0 Å². The lowest BCUT2D eigenvalue weighted by Crippen LogP contribution is -2.16. The van der Waals surface area contributed by atoms with Gasteiger partial charge in [-0.05, 0) is 93.1 Å². The summed E-state index contributed by atoms with van der Waals surface area (Å²) in [5.74, 6) is 0.813. The van der Waals surface area contributed by atoms with Crippen molar-refractivity contribution in [2.24, 2.45) is 0 Å². The van der Waals surface area contributed by atoms with Gasteiger partial charge >= 0.3 is 0 Å². The summed E-state index contributed by atoms with van der Waals surface area (Å²) in [4.78, 5) is 16.7. The van der Waals surface area contributed by atoms with Crippen LogP contribution in [-0.4, -0.2) is 15.0 Å². The van der Waals surface area contributed by atoms with Gasteiger partial charge in [-0.3, -0.25) is 4.90 Å². The molecule has 0 saturated heterocycles. The predicted molar refractivity (Wildman–Crippen MR) is 265 cm³/mol. The van der Waals surface area contributed by atoms with E-state index in [1.54, 1.807) is 0 Å². The lowest BCUT2D eigenvalue weighted by Gasteiger charge is -2.27. The van der Waals surface area contributed by atoms with E-state index in [2.05, 4.69) is 203 Å². The average molecular weight is 817 g/mol. The topological polar surface area (TPSA) is 58.0 Å². The maximum atomic E-state index is 6.90. The number of rotatable bonds is 6. The molecule has 0 fully saturated rings. The summed E-state index contributed by atoms with van der Waals surface area (Å²) in [6.45, 7) is 13.8. The zero-order chi connectivity index (χ0) is 43.0. The smallest absolute Gasteiger partial charge is 0.144 e. The Kier molecular flexibility index (Phi) is 8.88. The van der Waals surface area contributed by atoms with E-state index in [1.165, 1.54) is 21.9 Å². The molecule has 63 heavy (non-hydrogen) atoms. The van der Waals surface area contributed by atoms with Crippen LogP contribution in [0.2, 0.25) is 0 Å². The third-order valence-corrected chi connectivity index (χ3v) is 12.5. The van der Waals surface area contributed by atoms with Gasteiger partial charge in [0, 0.05) is 55.5 Å². The van der Waals surface area contributed by atoms with Crippen LogP contribution in [0.4, 0.5) is 17.2 Å². The van der Waals surface area contributed by atoms with Crippen molar-refractivity contribution in [1.29, 1.82) is 0 Å². The third kappa shape index (κ3) is 6.72. The molecule has 4 heterocycles. The first-order valence-corrected chi connectivity index (χ1v) is 21.8. The molecule has 0 saturated carbocycles. The Bertz CT molecular complexity index is 3510. The molecule has 306 valence electrons. The maximum absolute atomic E-state index is 6.90. The van der Waals surface area contributed by atoms with Crippen molar-refractivity contribution in [1.82, 2.24) is 15.0 Å². The van der Waals surface area contributed by atoms with Crippen LogP contribution in [0.25, 0.3) is 88.2 Å². The molecule has 0 aliphatic rings. The summed E-state index contributed by atoms with van der Waals surface area (Å²) in [6, 6.07) is 60.6. The Morgan fingerprint density at radius 1 is 0.508 bits per heavy atom. The van der Waals surface area contributed by atoms with E-state index in [0.717, 1.165) is 94.6 Å². The molecule has 0 radical (unpaired) electrons. The summed E-state index contributed by atoms with van der Waals surface area (Å²) < 4.78 is 6.90. The van der Waals surface area contributed by atoms with Crippen LogP contribution in [0.1, 0.15) is 52.7 Å². The molecule has 0 atom stereocenters. The summed E-state index contributed by atoms with van der Waals surface area (Å²) in [5.41, 5.74) is 14.1. The minimum atomic E-state index is -0.0596. The van der Waals surface area contributed by atoms with Crippen LogP contribution < -0.4 is 4.90 Å².